The van der Waals surface area contributed by atoms with Crippen LogP contribution in [-0.4, -0.2) is 27.6 Å². The first-order chi connectivity index (χ1) is 12.1. The summed E-state index contributed by atoms with van der Waals surface area (Å²) >= 11 is 0. The SMILES string of the molecule is CCC(C)NCc1nc2ccc3c(c2[nH]1)C(=O)c1ccccc1C3=O. The fraction of sp³-hybridized carbons (Fsp3) is 0.250. The number of rotatable bonds is 4. The minimum atomic E-state index is -0.124. The molecule has 1 unspecified atom stereocenters. The molecule has 2 N–H and O–H groups in total. The second kappa shape index (κ2) is 5.93. The minimum absolute atomic E-state index is 0.110. The standard InChI is InChI=1S/C20H19N3O2/c1-3-11(2)21-10-16-22-15-9-8-14-17(18(15)23-16)20(25)13-7-5-4-6-12(13)19(14)24/h4-9,11,21H,3,10H2,1-2H3,(H,22,23). The predicted octanol–water partition coefficient (Wildman–Crippen LogP) is 3.23. The van der Waals surface area contributed by atoms with E-state index in [-0.39, 0.29) is 11.6 Å². The molecule has 0 saturated carbocycles. The van der Waals surface area contributed by atoms with Crippen LogP contribution in [0.1, 0.15) is 57.9 Å². The average Bonchev–Trinajstić information content (AvgIpc) is 3.06. The van der Waals surface area contributed by atoms with Crippen molar-refractivity contribution in [3.8, 4) is 0 Å². The quantitative estimate of drug-likeness (QED) is 0.601. The van der Waals surface area contributed by atoms with Crippen LogP contribution in [0.4, 0.5) is 0 Å². The van der Waals surface area contributed by atoms with E-state index in [9.17, 15) is 9.59 Å². The number of carbonyl (C=O) groups is 2. The number of benzene rings is 2. The number of imidazole rings is 1. The van der Waals surface area contributed by atoms with Gasteiger partial charge in [0.2, 0.25) is 0 Å². The first-order valence-corrected chi connectivity index (χ1v) is 8.53. The Morgan fingerprint density at radius 1 is 1.04 bits per heavy atom. The summed E-state index contributed by atoms with van der Waals surface area (Å²) in [6.45, 7) is 4.83. The predicted molar refractivity (Wildman–Crippen MR) is 96.0 cm³/mol. The highest BCUT2D eigenvalue weighted by Crippen LogP contribution is 2.31. The lowest BCUT2D eigenvalue weighted by Gasteiger charge is -2.17. The molecule has 0 amide bonds. The van der Waals surface area contributed by atoms with Gasteiger partial charge in [-0.2, -0.15) is 0 Å². The summed E-state index contributed by atoms with van der Waals surface area (Å²) in [6, 6.07) is 10.9. The van der Waals surface area contributed by atoms with E-state index in [1.54, 1.807) is 36.4 Å². The van der Waals surface area contributed by atoms with Gasteiger partial charge in [0.25, 0.3) is 0 Å². The summed E-state index contributed by atoms with van der Waals surface area (Å²) in [6.07, 6.45) is 1.03. The molecule has 2 aromatic carbocycles. The van der Waals surface area contributed by atoms with Crippen LogP contribution in [0.3, 0.4) is 0 Å². The maximum atomic E-state index is 13.0. The molecule has 4 rings (SSSR count). The number of carbonyl (C=O) groups excluding carboxylic acids is 2. The van der Waals surface area contributed by atoms with Crippen LogP contribution >= 0.6 is 0 Å². The molecule has 0 fully saturated rings. The minimum Gasteiger partial charge on any atom is -0.340 e. The van der Waals surface area contributed by atoms with Gasteiger partial charge in [0, 0.05) is 22.7 Å². The first kappa shape index (κ1) is 15.7. The lowest BCUT2D eigenvalue weighted by molar-refractivity contribution is 0.0980. The third kappa shape index (κ3) is 2.48. The highest BCUT2D eigenvalue weighted by molar-refractivity contribution is 6.31. The molecule has 0 aliphatic heterocycles. The van der Waals surface area contributed by atoms with Crippen molar-refractivity contribution in [1.29, 1.82) is 0 Å². The number of nitrogens with one attached hydrogen (secondary N) is 2. The highest BCUT2D eigenvalue weighted by atomic mass is 16.1. The van der Waals surface area contributed by atoms with Gasteiger partial charge in [0.15, 0.2) is 11.6 Å². The van der Waals surface area contributed by atoms with Crippen molar-refractivity contribution in [1.82, 2.24) is 15.3 Å². The zero-order chi connectivity index (χ0) is 17.6. The Labute approximate surface area is 145 Å². The number of aromatic nitrogens is 2. The molecule has 1 atom stereocenters. The summed E-state index contributed by atoms with van der Waals surface area (Å²) < 4.78 is 0. The maximum absolute atomic E-state index is 13.0. The summed E-state index contributed by atoms with van der Waals surface area (Å²) in [7, 11) is 0. The highest BCUT2D eigenvalue weighted by Gasteiger charge is 2.31. The van der Waals surface area contributed by atoms with Gasteiger partial charge in [0.05, 0.1) is 23.1 Å². The van der Waals surface area contributed by atoms with Crippen molar-refractivity contribution in [2.24, 2.45) is 0 Å². The Hall–Kier alpha value is -2.79. The van der Waals surface area contributed by atoms with E-state index in [4.69, 9.17) is 0 Å². The van der Waals surface area contributed by atoms with Crippen LogP contribution < -0.4 is 5.32 Å². The van der Waals surface area contributed by atoms with E-state index in [1.165, 1.54) is 0 Å². The number of nitrogens with zero attached hydrogens (tertiary/aromatic N) is 1. The lowest BCUT2D eigenvalue weighted by Crippen LogP contribution is -2.25. The van der Waals surface area contributed by atoms with E-state index >= 15 is 0 Å². The molecular formula is C20H19N3O2. The van der Waals surface area contributed by atoms with Crippen molar-refractivity contribution in [2.75, 3.05) is 0 Å². The third-order valence-electron chi connectivity index (χ3n) is 4.83. The van der Waals surface area contributed by atoms with Gasteiger partial charge in [-0.25, -0.2) is 4.98 Å². The molecule has 1 aliphatic carbocycles. The van der Waals surface area contributed by atoms with Gasteiger partial charge >= 0.3 is 0 Å². The van der Waals surface area contributed by atoms with Crippen molar-refractivity contribution in [2.45, 2.75) is 32.9 Å². The van der Waals surface area contributed by atoms with Crippen LogP contribution in [0.2, 0.25) is 0 Å². The molecule has 5 heteroatoms. The molecule has 1 aromatic heterocycles. The smallest absolute Gasteiger partial charge is 0.196 e. The van der Waals surface area contributed by atoms with Gasteiger partial charge in [-0.05, 0) is 25.5 Å². The Balaban J connectivity index is 1.81. The monoisotopic (exact) mass is 333 g/mol. The zero-order valence-corrected chi connectivity index (χ0v) is 14.2. The fourth-order valence-corrected chi connectivity index (χ4v) is 3.21. The Bertz CT molecular complexity index is 1000. The van der Waals surface area contributed by atoms with Crippen molar-refractivity contribution >= 4 is 22.6 Å². The van der Waals surface area contributed by atoms with Gasteiger partial charge in [-0.3, -0.25) is 9.59 Å². The summed E-state index contributed by atoms with van der Waals surface area (Å²) in [5.41, 5.74) is 3.16. The average molecular weight is 333 g/mol. The molecular weight excluding hydrogens is 314 g/mol. The number of H-pyrrole nitrogens is 1. The Morgan fingerprint density at radius 3 is 2.48 bits per heavy atom. The van der Waals surface area contributed by atoms with Crippen LogP contribution in [0.5, 0.6) is 0 Å². The normalized spacial score (nSPS) is 14.5. The number of aromatic amines is 1. The molecule has 1 aliphatic rings. The van der Waals surface area contributed by atoms with Crippen molar-refractivity contribution < 1.29 is 9.59 Å². The largest absolute Gasteiger partial charge is 0.340 e. The van der Waals surface area contributed by atoms with E-state index in [0.29, 0.717) is 45.9 Å². The van der Waals surface area contributed by atoms with Crippen LogP contribution in [0.15, 0.2) is 36.4 Å². The molecule has 1 heterocycles. The fourth-order valence-electron chi connectivity index (χ4n) is 3.21. The molecule has 0 radical (unpaired) electrons. The molecule has 25 heavy (non-hydrogen) atoms. The number of hydrogen-bond acceptors (Lipinski definition) is 4. The maximum Gasteiger partial charge on any atom is 0.196 e. The van der Waals surface area contributed by atoms with Crippen LogP contribution in [0.25, 0.3) is 11.0 Å². The van der Waals surface area contributed by atoms with Gasteiger partial charge in [-0.1, -0.05) is 31.2 Å². The second-order valence-electron chi connectivity index (χ2n) is 6.46. The van der Waals surface area contributed by atoms with Crippen molar-refractivity contribution in [3.63, 3.8) is 0 Å². The van der Waals surface area contributed by atoms with Crippen molar-refractivity contribution in [3.05, 3.63) is 64.5 Å². The van der Waals surface area contributed by atoms with E-state index in [2.05, 4.69) is 29.1 Å². The van der Waals surface area contributed by atoms with Crippen LogP contribution in [0, 0.1) is 0 Å². The molecule has 0 bridgehead atoms. The molecule has 0 saturated heterocycles. The number of fused-ring (bicyclic) bond motifs is 4. The first-order valence-electron chi connectivity index (χ1n) is 8.53. The van der Waals surface area contributed by atoms with Gasteiger partial charge in [-0.15, -0.1) is 0 Å². The molecule has 5 nitrogen and oxygen atoms in total. The van der Waals surface area contributed by atoms with E-state index < -0.39 is 0 Å². The second-order valence-corrected chi connectivity index (χ2v) is 6.46. The number of hydrogen-bond donors (Lipinski definition) is 2. The summed E-state index contributed by atoms with van der Waals surface area (Å²) in [4.78, 5) is 33.5. The number of ketones is 2. The van der Waals surface area contributed by atoms with Crippen LogP contribution in [-0.2, 0) is 6.54 Å². The summed E-state index contributed by atoms with van der Waals surface area (Å²) in [5.74, 6) is 0.532. The lowest BCUT2D eigenvalue weighted by atomic mass is 9.83. The molecule has 0 spiro atoms. The van der Waals surface area contributed by atoms with Gasteiger partial charge in [0.1, 0.15) is 5.82 Å². The zero-order valence-electron chi connectivity index (χ0n) is 14.2. The van der Waals surface area contributed by atoms with Gasteiger partial charge < -0.3 is 10.3 Å². The topological polar surface area (TPSA) is 74.8 Å². The Morgan fingerprint density at radius 2 is 1.76 bits per heavy atom. The molecule has 3 aromatic rings. The molecule has 126 valence electrons. The third-order valence-corrected chi connectivity index (χ3v) is 4.83. The summed E-state index contributed by atoms with van der Waals surface area (Å²) in [5, 5.41) is 3.38. The van der Waals surface area contributed by atoms with E-state index in [1.807, 2.05) is 0 Å². The van der Waals surface area contributed by atoms with E-state index in [0.717, 1.165) is 12.2 Å². The Kier molecular flexibility index (Phi) is 3.73.